The second-order valence-corrected chi connectivity index (χ2v) is 21.6. The fraction of sp³-hybridized carbons (Fsp3) is 0.429. The molecule has 2 aliphatic heterocycles. The van der Waals surface area contributed by atoms with E-state index >= 15 is 0 Å². The largest absolute Gasteiger partial charge is 0.497 e. The lowest BCUT2D eigenvalue weighted by atomic mass is 9.70. The summed E-state index contributed by atoms with van der Waals surface area (Å²) in [6.45, 7) is 21.4. The maximum atomic E-state index is 11.6. The zero-order valence-electron chi connectivity index (χ0n) is 39.4. The van der Waals surface area contributed by atoms with Crippen molar-refractivity contribution in [3.05, 3.63) is 153 Å². The van der Waals surface area contributed by atoms with Crippen LogP contribution in [0.4, 0.5) is 0 Å². The standard InChI is InChI=1S/C56H66O6S/c1-35-23-47-49(55(9,57)27-35)37(3)29-53(7,61-47)31-51(5,45-17-13-15-39-25-41(59-11)19-21-43(39)45)33-63-34-52(6,46-18-14-16-40-26-42(60-12)20-22-44(40)46)32-54(8)30-38(4)50-48(62-54)24-36(2)28-56(50,10)58/h13-28,57-58H,29-34H2,1-12H3. The number of benzene rings is 4. The number of fused-ring (bicyclic) bond motifs is 4. The number of ether oxygens (including phenoxy) is 4. The molecule has 2 aliphatic carbocycles. The van der Waals surface area contributed by atoms with Gasteiger partial charge in [0.25, 0.3) is 0 Å². The maximum absolute atomic E-state index is 11.6. The Balaban J connectivity index is 1.20. The molecule has 6 unspecified atom stereocenters. The fourth-order valence-corrected chi connectivity index (χ4v) is 13.7. The Labute approximate surface area is 379 Å². The number of methoxy groups -OCH3 is 2. The lowest BCUT2D eigenvalue weighted by Crippen LogP contribution is -2.45. The van der Waals surface area contributed by atoms with Crippen molar-refractivity contribution in [2.45, 2.75) is 128 Å². The minimum absolute atomic E-state index is 0.344. The fourth-order valence-electron chi connectivity index (χ4n) is 12.1. The van der Waals surface area contributed by atoms with Crippen LogP contribution in [0.2, 0.25) is 0 Å². The van der Waals surface area contributed by atoms with Crippen LogP contribution in [0.5, 0.6) is 11.5 Å². The van der Waals surface area contributed by atoms with Gasteiger partial charge in [0.2, 0.25) is 0 Å². The number of aliphatic hydroxyl groups is 2. The van der Waals surface area contributed by atoms with Gasteiger partial charge in [-0.05, 0) is 161 Å². The Bertz CT molecular complexity index is 2510. The molecule has 0 radical (unpaired) electrons. The summed E-state index contributed by atoms with van der Waals surface area (Å²) in [5, 5.41) is 27.8. The van der Waals surface area contributed by atoms with Crippen molar-refractivity contribution in [1.29, 1.82) is 0 Å². The van der Waals surface area contributed by atoms with Gasteiger partial charge in [0.15, 0.2) is 0 Å². The van der Waals surface area contributed by atoms with Gasteiger partial charge >= 0.3 is 0 Å². The summed E-state index contributed by atoms with van der Waals surface area (Å²) in [4.78, 5) is 0. The minimum Gasteiger partial charge on any atom is -0.497 e. The molecule has 0 saturated carbocycles. The normalized spacial score (nSPS) is 27.8. The van der Waals surface area contributed by atoms with Crippen molar-refractivity contribution in [2.24, 2.45) is 0 Å². The first kappa shape index (κ1) is 44.9. The number of hydrogen-bond donors (Lipinski definition) is 2. The van der Waals surface area contributed by atoms with Gasteiger partial charge in [0.1, 0.15) is 45.4 Å². The van der Waals surface area contributed by atoms with E-state index in [9.17, 15) is 10.2 Å². The van der Waals surface area contributed by atoms with Crippen molar-refractivity contribution in [1.82, 2.24) is 0 Å². The summed E-state index contributed by atoms with van der Waals surface area (Å²) in [5.41, 5.74) is 4.72. The average Bonchev–Trinajstić information content (AvgIpc) is 3.17. The summed E-state index contributed by atoms with van der Waals surface area (Å²) < 4.78 is 25.6. The van der Waals surface area contributed by atoms with E-state index in [1.807, 2.05) is 51.6 Å². The molecule has 4 aromatic carbocycles. The zero-order valence-corrected chi connectivity index (χ0v) is 40.2. The number of rotatable bonds is 12. The van der Waals surface area contributed by atoms with E-state index in [0.717, 1.165) is 91.6 Å². The van der Waals surface area contributed by atoms with Crippen molar-refractivity contribution in [3.8, 4) is 11.5 Å². The highest BCUT2D eigenvalue weighted by Crippen LogP contribution is 2.52. The SMILES string of the molecule is COc1ccc2c(C(C)(CSCC(C)(CC3(C)CC(C)=C4C(=CC(C)=CC4(C)O)O3)c3cccc4cc(OC)ccc34)CC3(C)CC(C)=C4C(=CC(C)=CC4(C)O)O3)cccc2c1. The predicted octanol–water partition coefficient (Wildman–Crippen LogP) is 12.9. The molecule has 2 N–H and O–H groups in total. The second kappa shape index (κ2) is 16.1. The second-order valence-electron chi connectivity index (χ2n) is 20.6. The predicted molar refractivity (Wildman–Crippen MR) is 261 cm³/mol. The first-order valence-corrected chi connectivity index (χ1v) is 23.5. The van der Waals surface area contributed by atoms with Gasteiger partial charge in [-0.25, -0.2) is 0 Å². The van der Waals surface area contributed by atoms with E-state index in [4.69, 9.17) is 18.9 Å². The first-order chi connectivity index (χ1) is 29.6. The molecule has 8 rings (SSSR count). The van der Waals surface area contributed by atoms with E-state index in [1.165, 1.54) is 21.9 Å². The third-order valence-corrected chi connectivity index (χ3v) is 15.6. The van der Waals surface area contributed by atoms with E-state index in [-0.39, 0.29) is 10.8 Å². The first-order valence-electron chi connectivity index (χ1n) is 22.4. The van der Waals surface area contributed by atoms with E-state index in [1.54, 1.807) is 14.2 Å². The molecule has 0 aromatic heterocycles. The Kier molecular flexibility index (Phi) is 11.5. The Morgan fingerprint density at radius 1 is 0.603 bits per heavy atom. The highest BCUT2D eigenvalue weighted by atomic mass is 32.2. The molecule has 6 nitrogen and oxygen atoms in total. The molecule has 0 bridgehead atoms. The van der Waals surface area contributed by atoms with Crippen LogP contribution in [0.15, 0.2) is 142 Å². The van der Waals surface area contributed by atoms with Gasteiger partial charge in [-0.3, -0.25) is 0 Å². The molecule has 7 heteroatoms. The van der Waals surface area contributed by atoms with E-state index in [0.29, 0.717) is 12.8 Å². The van der Waals surface area contributed by atoms with Gasteiger partial charge in [0, 0.05) is 46.3 Å². The van der Waals surface area contributed by atoms with Gasteiger partial charge in [-0.2, -0.15) is 11.8 Å². The smallest absolute Gasteiger partial charge is 0.126 e. The Morgan fingerprint density at radius 2 is 1.00 bits per heavy atom. The zero-order chi connectivity index (χ0) is 45.3. The molecule has 4 aromatic rings. The Hall–Kier alpha value is -4.69. The highest BCUT2D eigenvalue weighted by molar-refractivity contribution is 7.99. The highest BCUT2D eigenvalue weighted by Gasteiger charge is 2.48. The molecule has 0 saturated heterocycles. The number of allylic oxidation sites excluding steroid dienone is 4. The summed E-state index contributed by atoms with van der Waals surface area (Å²) in [5.74, 6) is 4.88. The minimum atomic E-state index is -1.08. The Morgan fingerprint density at radius 3 is 1.38 bits per heavy atom. The third-order valence-electron chi connectivity index (χ3n) is 13.9. The topological polar surface area (TPSA) is 77.4 Å². The van der Waals surface area contributed by atoms with E-state index < -0.39 is 22.4 Å². The average molecular weight is 867 g/mol. The molecule has 0 amide bonds. The van der Waals surface area contributed by atoms with Gasteiger partial charge in [-0.1, -0.05) is 73.5 Å². The molecule has 0 fully saturated rings. The number of thioether (sulfide) groups is 1. The lowest BCUT2D eigenvalue weighted by molar-refractivity contribution is -0.0184. The molecular formula is C56H66O6S. The van der Waals surface area contributed by atoms with Crippen LogP contribution >= 0.6 is 11.8 Å². The van der Waals surface area contributed by atoms with Gasteiger partial charge in [0.05, 0.1) is 14.2 Å². The molecule has 2 heterocycles. The van der Waals surface area contributed by atoms with Crippen LogP contribution in [0.25, 0.3) is 21.5 Å². The van der Waals surface area contributed by atoms with Gasteiger partial charge in [-0.15, -0.1) is 0 Å². The molecule has 6 atom stereocenters. The molecule has 4 aliphatic rings. The summed E-state index contributed by atoms with van der Waals surface area (Å²) in [6.07, 6.45) is 11.0. The van der Waals surface area contributed by atoms with Crippen molar-refractivity contribution < 1.29 is 29.2 Å². The monoisotopic (exact) mass is 866 g/mol. The molecule has 332 valence electrons. The quantitative estimate of drug-likeness (QED) is 0.147. The van der Waals surface area contributed by atoms with Crippen LogP contribution < -0.4 is 9.47 Å². The summed E-state index contributed by atoms with van der Waals surface area (Å²) in [6, 6.07) is 26.1. The summed E-state index contributed by atoms with van der Waals surface area (Å²) in [7, 11) is 3.44. The molecular weight excluding hydrogens is 801 g/mol. The molecule has 63 heavy (non-hydrogen) atoms. The van der Waals surface area contributed by atoms with Gasteiger partial charge < -0.3 is 29.2 Å². The van der Waals surface area contributed by atoms with Crippen LogP contribution in [0.3, 0.4) is 0 Å². The summed E-state index contributed by atoms with van der Waals surface area (Å²) >= 11 is 2.00. The lowest BCUT2D eigenvalue weighted by Gasteiger charge is -2.47. The van der Waals surface area contributed by atoms with Crippen LogP contribution in [-0.4, -0.2) is 58.3 Å². The maximum Gasteiger partial charge on any atom is 0.126 e. The third kappa shape index (κ3) is 8.54. The molecule has 0 spiro atoms. The van der Waals surface area contributed by atoms with Crippen molar-refractivity contribution >= 4 is 33.3 Å². The number of hydrogen-bond acceptors (Lipinski definition) is 7. The van der Waals surface area contributed by atoms with Crippen molar-refractivity contribution in [2.75, 3.05) is 25.7 Å². The van der Waals surface area contributed by atoms with Crippen LogP contribution in [0.1, 0.15) is 106 Å². The van der Waals surface area contributed by atoms with Crippen LogP contribution in [-0.2, 0) is 20.3 Å². The van der Waals surface area contributed by atoms with Crippen molar-refractivity contribution in [3.63, 3.8) is 0 Å². The van der Waals surface area contributed by atoms with Crippen LogP contribution in [0, 0.1) is 0 Å². The van der Waals surface area contributed by atoms with E-state index in [2.05, 4.69) is 126 Å².